The minimum atomic E-state index is -0.957. The van der Waals surface area contributed by atoms with Gasteiger partial charge in [-0.1, -0.05) is 28.9 Å². The highest BCUT2D eigenvalue weighted by molar-refractivity contribution is 6.30. The average molecular weight is 414 g/mol. The highest BCUT2D eigenvalue weighted by Gasteiger charge is 2.32. The van der Waals surface area contributed by atoms with Gasteiger partial charge in [-0.15, -0.1) is 0 Å². The molecule has 1 unspecified atom stereocenters. The number of aromatic nitrogens is 3. The molecule has 1 N–H and O–H groups in total. The molecule has 1 aliphatic heterocycles. The van der Waals surface area contributed by atoms with Gasteiger partial charge in [-0.2, -0.15) is 0 Å². The molecule has 3 aromatic rings. The first-order chi connectivity index (χ1) is 14.0. The molecule has 0 spiro atoms. The molecule has 3 heterocycles. The molecule has 8 nitrogen and oxygen atoms in total. The minimum Gasteiger partial charge on any atom is -0.385 e. The summed E-state index contributed by atoms with van der Waals surface area (Å²) in [5.41, 5.74) is 1.38. The molecule has 0 saturated carbocycles. The summed E-state index contributed by atoms with van der Waals surface area (Å²) in [6.07, 6.45) is 2.44. The Hall–Kier alpha value is -2.97. The first-order valence-corrected chi connectivity index (χ1v) is 9.67. The number of halogens is 1. The number of hydrogen-bond acceptors (Lipinski definition) is 7. The van der Waals surface area contributed by atoms with Crippen LogP contribution in [0.25, 0.3) is 11.3 Å². The number of aliphatic hydroxyl groups is 1. The Bertz CT molecular complexity index is 983. The maximum absolute atomic E-state index is 13.3. The maximum Gasteiger partial charge on any atom is 0.259 e. The Kier molecular flexibility index (Phi) is 5.46. The van der Waals surface area contributed by atoms with Crippen molar-refractivity contribution in [1.82, 2.24) is 20.0 Å². The van der Waals surface area contributed by atoms with Gasteiger partial charge in [0.2, 0.25) is 5.95 Å². The maximum atomic E-state index is 13.3. The second-order valence-electron chi connectivity index (χ2n) is 6.78. The summed E-state index contributed by atoms with van der Waals surface area (Å²) < 4.78 is 5.33. The molecule has 1 aromatic carbocycles. The Balaban J connectivity index is 1.58. The van der Waals surface area contributed by atoms with Crippen LogP contribution in [0.1, 0.15) is 29.1 Å². The number of carbonyl (C=O) groups excluding carboxylic acids is 1. The van der Waals surface area contributed by atoms with Crippen LogP contribution in [0.4, 0.5) is 5.95 Å². The van der Waals surface area contributed by atoms with Crippen LogP contribution in [-0.4, -0.2) is 57.2 Å². The number of rotatable bonds is 4. The molecule has 1 amide bonds. The van der Waals surface area contributed by atoms with Crippen molar-refractivity contribution in [2.24, 2.45) is 0 Å². The SMILES string of the molecule is CC(O)c1onc(-c2ccc(Cl)cc2)c1C(=O)N1CCN(c2ncccn2)CC1. The van der Waals surface area contributed by atoms with E-state index >= 15 is 0 Å². The Morgan fingerprint density at radius 1 is 1.14 bits per heavy atom. The lowest BCUT2D eigenvalue weighted by atomic mass is 10.0. The predicted octanol–water partition coefficient (Wildman–Crippen LogP) is 2.80. The van der Waals surface area contributed by atoms with Gasteiger partial charge >= 0.3 is 0 Å². The number of amides is 1. The molecule has 29 heavy (non-hydrogen) atoms. The molecule has 1 atom stereocenters. The van der Waals surface area contributed by atoms with Gasteiger partial charge in [0.15, 0.2) is 5.76 Å². The third kappa shape index (κ3) is 3.94. The fourth-order valence-corrected chi connectivity index (χ4v) is 3.45. The van der Waals surface area contributed by atoms with Gasteiger partial charge in [0.25, 0.3) is 5.91 Å². The largest absolute Gasteiger partial charge is 0.385 e. The highest BCUT2D eigenvalue weighted by atomic mass is 35.5. The van der Waals surface area contributed by atoms with Gasteiger partial charge < -0.3 is 19.4 Å². The van der Waals surface area contributed by atoms with E-state index in [-0.39, 0.29) is 17.2 Å². The first kappa shape index (κ1) is 19.4. The zero-order valence-electron chi connectivity index (χ0n) is 15.8. The van der Waals surface area contributed by atoms with E-state index in [1.807, 2.05) is 4.90 Å². The van der Waals surface area contributed by atoms with E-state index in [2.05, 4.69) is 15.1 Å². The smallest absolute Gasteiger partial charge is 0.259 e. The number of carbonyl (C=O) groups is 1. The van der Waals surface area contributed by atoms with Crippen LogP contribution in [0.5, 0.6) is 0 Å². The van der Waals surface area contributed by atoms with Crippen LogP contribution >= 0.6 is 11.6 Å². The summed E-state index contributed by atoms with van der Waals surface area (Å²) in [6.45, 7) is 3.78. The van der Waals surface area contributed by atoms with E-state index in [4.69, 9.17) is 16.1 Å². The van der Waals surface area contributed by atoms with Crippen molar-refractivity contribution in [1.29, 1.82) is 0 Å². The van der Waals surface area contributed by atoms with Crippen LogP contribution in [0.3, 0.4) is 0 Å². The zero-order chi connectivity index (χ0) is 20.4. The lowest BCUT2D eigenvalue weighted by Gasteiger charge is -2.34. The molecule has 0 radical (unpaired) electrons. The summed E-state index contributed by atoms with van der Waals surface area (Å²) in [7, 11) is 0. The Labute approximate surface area is 172 Å². The van der Waals surface area contributed by atoms with E-state index < -0.39 is 6.10 Å². The summed E-state index contributed by atoms with van der Waals surface area (Å²) in [5, 5.41) is 14.7. The van der Waals surface area contributed by atoms with E-state index in [9.17, 15) is 9.90 Å². The van der Waals surface area contributed by atoms with Gasteiger partial charge in [0.1, 0.15) is 17.4 Å². The Morgan fingerprint density at radius 2 is 1.79 bits per heavy atom. The lowest BCUT2D eigenvalue weighted by Crippen LogP contribution is -2.49. The second kappa shape index (κ2) is 8.18. The average Bonchev–Trinajstić information content (AvgIpc) is 3.20. The summed E-state index contributed by atoms with van der Waals surface area (Å²) in [6, 6.07) is 8.76. The number of piperazine rings is 1. The van der Waals surface area contributed by atoms with Crippen LogP contribution in [0.2, 0.25) is 5.02 Å². The van der Waals surface area contributed by atoms with Gasteiger partial charge in [0.05, 0.1) is 0 Å². The first-order valence-electron chi connectivity index (χ1n) is 9.29. The Morgan fingerprint density at radius 3 is 2.41 bits per heavy atom. The van der Waals surface area contributed by atoms with Crippen LogP contribution in [0.15, 0.2) is 47.2 Å². The van der Waals surface area contributed by atoms with Crippen molar-refractivity contribution in [2.45, 2.75) is 13.0 Å². The van der Waals surface area contributed by atoms with E-state index in [0.717, 1.165) is 0 Å². The minimum absolute atomic E-state index is 0.161. The zero-order valence-corrected chi connectivity index (χ0v) is 16.6. The second-order valence-corrected chi connectivity index (χ2v) is 7.22. The quantitative estimate of drug-likeness (QED) is 0.702. The normalized spacial score (nSPS) is 15.4. The van der Waals surface area contributed by atoms with Crippen molar-refractivity contribution in [3.8, 4) is 11.3 Å². The number of hydrogen-bond donors (Lipinski definition) is 1. The van der Waals surface area contributed by atoms with Crippen molar-refractivity contribution in [2.75, 3.05) is 31.1 Å². The number of nitrogens with zero attached hydrogens (tertiary/aromatic N) is 5. The van der Waals surface area contributed by atoms with E-state index in [1.54, 1.807) is 54.5 Å². The lowest BCUT2D eigenvalue weighted by molar-refractivity contribution is 0.0735. The molecule has 1 saturated heterocycles. The van der Waals surface area contributed by atoms with Crippen LogP contribution in [-0.2, 0) is 0 Å². The third-order valence-corrected chi connectivity index (χ3v) is 5.08. The topological polar surface area (TPSA) is 95.6 Å². The van der Waals surface area contributed by atoms with Gasteiger partial charge in [-0.05, 0) is 25.1 Å². The van der Waals surface area contributed by atoms with Crippen molar-refractivity contribution >= 4 is 23.5 Å². The highest BCUT2D eigenvalue weighted by Crippen LogP contribution is 2.31. The summed E-state index contributed by atoms with van der Waals surface area (Å²) in [5.74, 6) is 0.589. The molecular formula is C20H20ClN5O3. The summed E-state index contributed by atoms with van der Waals surface area (Å²) in [4.78, 5) is 25.6. The number of anilines is 1. The molecule has 2 aromatic heterocycles. The number of benzene rings is 1. The molecule has 0 bridgehead atoms. The molecule has 9 heteroatoms. The van der Waals surface area contributed by atoms with Gasteiger partial charge in [0, 0.05) is 49.2 Å². The van der Waals surface area contributed by atoms with Gasteiger partial charge in [-0.25, -0.2) is 9.97 Å². The van der Waals surface area contributed by atoms with E-state index in [0.29, 0.717) is 48.4 Å². The fraction of sp³-hybridized carbons (Fsp3) is 0.300. The fourth-order valence-electron chi connectivity index (χ4n) is 3.32. The molecular weight excluding hydrogens is 394 g/mol. The molecule has 0 aliphatic carbocycles. The molecule has 150 valence electrons. The van der Waals surface area contributed by atoms with Crippen LogP contribution < -0.4 is 4.90 Å². The predicted molar refractivity (Wildman–Crippen MR) is 108 cm³/mol. The number of aliphatic hydroxyl groups excluding tert-OH is 1. The van der Waals surface area contributed by atoms with Crippen molar-refractivity contribution < 1.29 is 14.4 Å². The van der Waals surface area contributed by atoms with E-state index in [1.165, 1.54) is 0 Å². The van der Waals surface area contributed by atoms with Crippen molar-refractivity contribution in [3.63, 3.8) is 0 Å². The van der Waals surface area contributed by atoms with Crippen LogP contribution in [0, 0.1) is 0 Å². The summed E-state index contributed by atoms with van der Waals surface area (Å²) >= 11 is 5.97. The molecule has 1 fully saturated rings. The third-order valence-electron chi connectivity index (χ3n) is 4.83. The molecule has 4 rings (SSSR count). The monoisotopic (exact) mass is 413 g/mol. The standard InChI is InChI=1S/C20H20ClN5O3/c1-13(27)18-16(17(24-29-18)14-3-5-15(21)6-4-14)19(28)25-9-11-26(12-10-25)20-22-7-2-8-23-20/h2-8,13,27H,9-12H2,1H3. The van der Waals surface area contributed by atoms with Crippen molar-refractivity contribution in [3.05, 3.63) is 59.1 Å². The molecule has 1 aliphatic rings. The van der Waals surface area contributed by atoms with Gasteiger partial charge in [-0.3, -0.25) is 4.79 Å².